The van der Waals surface area contributed by atoms with Crippen molar-refractivity contribution in [1.29, 1.82) is 0 Å². The minimum Gasteiger partial charge on any atom is -0.508 e. The third-order valence-electron chi connectivity index (χ3n) is 3.90. The first kappa shape index (κ1) is 17.1. The van der Waals surface area contributed by atoms with Crippen molar-refractivity contribution in [3.8, 4) is 5.75 Å². The van der Waals surface area contributed by atoms with E-state index in [2.05, 4.69) is 15.1 Å². The zero-order valence-corrected chi connectivity index (χ0v) is 15.2. The lowest BCUT2D eigenvalue weighted by Crippen LogP contribution is -2.50. The summed E-state index contributed by atoms with van der Waals surface area (Å²) in [5.41, 5.74) is 1.89. The second-order valence-electron chi connectivity index (χ2n) is 5.58. The van der Waals surface area contributed by atoms with Crippen LogP contribution in [0.4, 0.5) is 11.4 Å². The number of rotatable bonds is 2. The van der Waals surface area contributed by atoms with Crippen molar-refractivity contribution in [3.05, 3.63) is 52.5 Å². The molecule has 1 heterocycles. The van der Waals surface area contributed by atoms with Gasteiger partial charge in [-0.25, -0.2) is 0 Å². The fraction of sp³-hybridized carbons (Fsp3) is 0.235. The molecule has 3 rings (SSSR count). The van der Waals surface area contributed by atoms with Gasteiger partial charge in [-0.1, -0.05) is 23.2 Å². The average molecular weight is 382 g/mol. The molecule has 1 aliphatic heterocycles. The minimum atomic E-state index is 0.281. The zero-order chi connectivity index (χ0) is 17.1. The lowest BCUT2D eigenvalue weighted by Gasteiger charge is -2.37. The second kappa shape index (κ2) is 7.47. The highest BCUT2D eigenvalue weighted by Crippen LogP contribution is 2.23. The fourth-order valence-electron chi connectivity index (χ4n) is 2.66. The van der Waals surface area contributed by atoms with Crippen LogP contribution < -0.4 is 10.2 Å². The summed E-state index contributed by atoms with van der Waals surface area (Å²) in [4.78, 5) is 4.40. The molecular formula is C17H17Cl2N3OS. The van der Waals surface area contributed by atoms with Gasteiger partial charge < -0.3 is 20.2 Å². The first-order valence-corrected chi connectivity index (χ1v) is 8.74. The van der Waals surface area contributed by atoms with Gasteiger partial charge in [-0.15, -0.1) is 0 Å². The maximum atomic E-state index is 9.38. The van der Waals surface area contributed by atoms with E-state index in [-0.39, 0.29) is 5.75 Å². The third kappa shape index (κ3) is 4.23. The van der Waals surface area contributed by atoms with E-state index >= 15 is 0 Å². The monoisotopic (exact) mass is 381 g/mol. The SMILES string of the molecule is Oc1ccc(N2CCN(C(=S)Nc3cc(Cl)cc(Cl)c3)CC2)cc1. The number of phenolic OH excluding ortho intramolecular Hbond substituents is 1. The normalized spacial score (nSPS) is 14.6. The minimum absolute atomic E-state index is 0.281. The van der Waals surface area contributed by atoms with Crippen molar-refractivity contribution in [1.82, 2.24) is 4.90 Å². The molecule has 1 aliphatic rings. The number of hydrogen-bond acceptors (Lipinski definition) is 3. The number of phenols is 1. The van der Waals surface area contributed by atoms with Gasteiger partial charge in [0.05, 0.1) is 0 Å². The largest absolute Gasteiger partial charge is 0.508 e. The number of aromatic hydroxyl groups is 1. The Balaban J connectivity index is 1.57. The number of halogens is 2. The van der Waals surface area contributed by atoms with Gasteiger partial charge in [-0.3, -0.25) is 0 Å². The third-order valence-corrected chi connectivity index (χ3v) is 4.69. The molecule has 2 aromatic carbocycles. The van der Waals surface area contributed by atoms with Crippen molar-refractivity contribution in [2.45, 2.75) is 0 Å². The van der Waals surface area contributed by atoms with Gasteiger partial charge in [-0.2, -0.15) is 0 Å². The van der Waals surface area contributed by atoms with Crippen LogP contribution >= 0.6 is 35.4 Å². The van der Waals surface area contributed by atoms with Crippen LogP contribution in [0.1, 0.15) is 0 Å². The van der Waals surface area contributed by atoms with E-state index in [1.807, 2.05) is 12.1 Å². The van der Waals surface area contributed by atoms with E-state index in [1.165, 1.54) is 0 Å². The summed E-state index contributed by atoms with van der Waals surface area (Å²) in [7, 11) is 0. The second-order valence-corrected chi connectivity index (χ2v) is 6.84. The highest BCUT2D eigenvalue weighted by molar-refractivity contribution is 7.80. The molecule has 7 heteroatoms. The van der Waals surface area contributed by atoms with Gasteiger partial charge >= 0.3 is 0 Å². The zero-order valence-electron chi connectivity index (χ0n) is 12.9. The Hall–Kier alpha value is -1.69. The first-order chi connectivity index (χ1) is 11.5. The number of hydrogen-bond donors (Lipinski definition) is 2. The molecule has 0 aromatic heterocycles. The van der Waals surface area contributed by atoms with E-state index in [0.29, 0.717) is 15.2 Å². The lowest BCUT2D eigenvalue weighted by molar-refractivity contribution is 0.391. The summed E-state index contributed by atoms with van der Waals surface area (Å²) in [6.45, 7) is 3.37. The van der Waals surface area contributed by atoms with Gasteiger partial charge in [0.2, 0.25) is 0 Å². The van der Waals surface area contributed by atoms with Crippen LogP contribution in [-0.4, -0.2) is 41.3 Å². The Morgan fingerprint density at radius 2 is 1.54 bits per heavy atom. The summed E-state index contributed by atoms with van der Waals surface area (Å²) in [5, 5.41) is 14.4. The van der Waals surface area contributed by atoms with E-state index in [9.17, 15) is 5.11 Å². The average Bonchev–Trinajstić information content (AvgIpc) is 2.55. The molecule has 2 aromatic rings. The van der Waals surface area contributed by atoms with E-state index in [4.69, 9.17) is 35.4 Å². The number of anilines is 2. The molecule has 4 nitrogen and oxygen atoms in total. The molecule has 0 saturated carbocycles. The van der Waals surface area contributed by atoms with Crippen LogP contribution in [0.2, 0.25) is 10.0 Å². The lowest BCUT2D eigenvalue weighted by atomic mass is 10.2. The van der Waals surface area contributed by atoms with Crippen molar-refractivity contribution in [2.75, 3.05) is 36.4 Å². The van der Waals surface area contributed by atoms with Crippen LogP contribution in [0.3, 0.4) is 0 Å². The highest BCUT2D eigenvalue weighted by atomic mass is 35.5. The Kier molecular flexibility index (Phi) is 5.33. The first-order valence-electron chi connectivity index (χ1n) is 7.57. The molecule has 1 fully saturated rings. The maximum absolute atomic E-state index is 9.38. The van der Waals surface area contributed by atoms with Crippen molar-refractivity contribution in [3.63, 3.8) is 0 Å². The van der Waals surface area contributed by atoms with Gasteiger partial charge in [0.1, 0.15) is 5.75 Å². The predicted molar refractivity (Wildman–Crippen MR) is 105 cm³/mol. The van der Waals surface area contributed by atoms with Crippen LogP contribution in [-0.2, 0) is 0 Å². The van der Waals surface area contributed by atoms with E-state index < -0.39 is 0 Å². The smallest absolute Gasteiger partial charge is 0.173 e. The topological polar surface area (TPSA) is 38.7 Å². The Labute approximate surface area is 156 Å². The van der Waals surface area contributed by atoms with Gasteiger partial charge in [0, 0.05) is 47.6 Å². The summed E-state index contributed by atoms with van der Waals surface area (Å²) in [6, 6.07) is 12.5. The van der Waals surface area contributed by atoms with Gasteiger partial charge in [0.15, 0.2) is 5.11 Å². The number of thiocarbonyl (C=S) groups is 1. The molecule has 1 saturated heterocycles. The number of piperazine rings is 1. The molecule has 0 bridgehead atoms. The molecular weight excluding hydrogens is 365 g/mol. The Bertz CT molecular complexity index is 711. The standard InChI is InChI=1S/C17H17Cl2N3OS/c18-12-9-13(19)11-14(10-12)20-17(24)22-7-5-21(6-8-22)15-1-3-16(23)4-2-15/h1-4,9-11,23H,5-8H2,(H,20,24). The van der Waals surface area contributed by atoms with E-state index in [0.717, 1.165) is 37.6 Å². The van der Waals surface area contributed by atoms with Crippen molar-refractivity contribution >= 4 is 51.9 Å². The summed E-state index contributed by atoms with van der Waals surface area (Å²) < 4.78 is 0. The summed E-state index contributed by atoms with van der Waals surface area (Å²) in [5.74, 6) is 0.281. The molecule has 0 spiro atoms. The molecule has 0 amide bonds. The Morgan fingerprint density at radius 1 is 0.958 bits per heavy atom. The number of benzene rings is 2. The van der Waals surface area contributed by atoms with Crippen molar-refractivity contribution < 1.29 is 5.11 Å². The molecule has 126 valence electrons. The van der Waals surface area contributed by atoms with Gasteiger partial charge in [0.25, 0.3) is 0 Å². The highest BCUT2D eigenvalue weighted by Gasteiger charge is 2.19. The van der Waals surface area contributed by atoms with Crippen LogP contribution in [0.15, 0.2) is 42.5 Å². The van der Waals surface area contributed by atoms with Crippen LogP contribution in [0, 0.1) is 0 Å². The molecule has 0 atom stereocenters. The quantitative estimate of drug-likeness (QED) is 0.761. The fourth-order valence-corrected chi connectivity index (χ4v) is 3.49. The number of nitrogens with one attached hydrogen (secondary N) is 1. The summed E-state index contributed by atoms with van der Waals surface area (Å²) in [6.07, 6.45) is 0. The van der Waals surface area contributed by atoms with E-state index in [1.54, 1.807) is 30.3 Å². The molecule has 0 unspecified atom stereocenters. The molecule has 0 aliphatic carbocycles. The van der Waals surface area contributed by atoms with Crippen molar-refractivity contribution in [2.24, 2.45) is 0 Å². The van der Waals surface area contributed by atoms with Gasteiger partial charge in [-0.05, 0) is 54.7 Å². The maximum Gasteiger partial charge on any atom is 0.173 e. The summed E-state index contributed by atoms with van der Waals surface area (Å²) >= 11 is 17.5. The van der Waals surface area contributed by atoms with Crippen LogP contribution in [0.5, 0.6) is 5.75 Å². The molecule has 24 heavy (non-hydrogen) atoms. The molecule has 0 radical (unpaired) electrons. The molecule has 2 N–H and O–H groups in total. The van der Waals surface area contributed by atoms with Crippen LogP contribution in [0.25, 0.3) is 0 Å². The number of nitrogens with zero attached hydrogens (tertiary/aromatic N) is 2. The predicted octanol–water partition coefficient (Wildman–Crippen LogP) is 4.22. The Morgan fingerprint density at radius 3 is 2.12 bits per heavy atom.